The third-order valence-corrected chi connectivity index (χ3v) is 5.07. The van der Waals surface area contributed by atoms with Crippen LogP contribution in [0, 0.1) is 5.92 Å². The van der Waals surface area contributed by atoms with E-state index >= 15 is 0 Å². The van der Waals surface area contributed by atoms with Crippen LogP contribution in [-0.2, 0) is 6.42 Å². The van der Waals surface area contributed by atoms with Gasteiger partial charge in [0.2, 0.25) is 0 Å². The van der Waals surface area contributed by atoms with Crippen molar-refractivity contribution in [1.29, 1.82) is 0 Å². The van der Waals surface area contributed by atoms with Crippen molar-refractivity contribution < 1.29 is 23.8 Å². The van der Waals surface area contributed by atoms with E-state index in [0.717, 1.165) is 17.7 Å². The second-order valence-electron chi connectivity index (χ2n) is 6.85. The van der Waals surface area contributed by atoms with Gasteiger partial charge in [-0.1, -0.05) is 6.07 Å². The van der Waals surface area contributed by atoms with E-state index in [9.17, 15) is 9.90 Å². The van der Waals surface area contributed by atoms with Gasteiger partial charge in [-0.15, -0.1) is 0 Å². The van der Waals surface area contributed by atoms with Crippen molar-refractivity contribution in [2.45, 2.75) is 38.3 Å². The monoisotopic (exact) mass is 357 g/mol. The molecule has 138 valence electrons. The van der Waals surface area contributed by atoms with E-state index in [0.29, 0.717) is 32.0 Å². The fourth-order valence-electron chi connectivity index (χ4n) is 3.65. The number of ether oxygens (including phenoxy) is 2. The van der Waals surface area contributed by atoms with Gasteiger partial charge >= 0.3 is 0 Å². The maximum Gasteiger partial charge on any atom is 0.287 e. The highest BCUT2D eigenvalue weighted by Crippen LogP contribution is 2.40. The number of rotatable bonds is 6. The Balaban J connectivity index is 1.54. The number of benzene rings is 1. The van der Waals surface area contributed by atoms with Crippen molar-refractivity contribution in [3.8, 4) is 11.7 Å². The molecule has 2 aliphatic rings. The molecular formula is C20H23NO5. The first-order valence-corrected chi connectivity index (χ1v) is 9.11. The predicted molar refractivity (Wildman–Crippen MR) is 94.5 cm³/mol. The van der Waals surface area contributed by atoms with Crippen LogP contribution < -0.4 is 14.8 Å². The fourth-order valence-corrected chi connectivity index (χ4v) is 3.65. The number of nitrogens with one attached hydrogen (secondary N) is 1. The SMILES string of the molecule is CCOc1ccc(C(=O)N[C@H](c2ccc3c(c2)CCO3)C2CC(O)C2)o1. The van der Waals surface area contributed by atoms with Gasteiger partial charge in [-0.3, -0.25) is 4.79 Å². The molecule has 0 radical (unpaired) electrons. The van der Waals surface area contributed by atoms with E-state index in [1.54, 1.807) is 12.1 Å². The number of amides is 1. The summed E-state index contributed by atoms with van der Waals surface area (Å²) in [5.41, 5.74) is 2.20. The zero-order chi connectivity index (χ0) is 18.1. The van der Waals surface area contributed by atoms with Crippen LogP contribution >= 0.6 is 0 Å². The smallest absolute Gasteiger partial charge is 0.287 e. The molecule has 0 bridgehead atoms. The van der Waals surface area contributed by atoms with Crippen molar-refractivity contribution in [1.82, 2.24) is 5.32 Å². The van der Waals surface area contributed by atoms with Crippen LogP contribution in [0.2, 0.25) is 0 Å². The van der Waals surface area contributed by atoms with Crippen LogP contribution in [0.15, 0.2) is 34.7 Å². The zero-order valence-electron chi connectivity index (χ0n) is 14.7. The molecule has 0 spiro atoms. The second-order valence-corrected chi connectivity index (χ2v) is 6.85. The molecule has 1 fully saturated rings. The summed E-state index contributed by atoms with van der Waals surface area (Å²) in [6.45, 7) is 3.04. The minimum Gasteiger partial charge on any atom is -0.493 e. The Morgan fingerprint density at radius 2 is 2.19 bits per heavy atom. The van der Waals surface area contributed by atoms with E-state index in [2.05, 4.69) is 11.4 Å². The summed E-state index contributed by atoms with van der Waals surface area (Å²) >= 11 is 0. The topological polar surface area (TPSA) is 80.9 Å². The molecule has 2 N–H and O–H groups in total. The molecule has 0 unspecified atom stereocenters. The quantitative estimate of drug-likeness (QED) is 0.831. The molecule has 2 heterocycles. The lowest BCUT2D eigenvalue weighted by Crippen LogP contribution is -2.41. The molecule has 1 aliphatic heterocycles. The van der Waals surface area contributed by atoms with Gasteiger partial charge in [-0.05, 0) is 55.0 Å². The van der Waals surface area contributed by atoms with Gasteiger partial charge < -0.3 is 24.3 Å². The standard InChI is InChI=1S/C20H23NO5/c1-2-24-18-6-5-17(26-18)20(23)21-19(14-10-15(22)11-14)13-3-4-16-12(9-13)7-8-25-16/h3-6,9,14-15,19,22H,2,7-8,10-11H2,1H3,(H,21,23)/t14?,15?,19-/m1/s1. The normalized spacial score (nSPS) is 22.1. The van der Waals surface area contributed by atoms with Crippen LogP contribution in [0.4, 0.5) is 0 Å². The van der Waals surface area contributed by atoms with Crippen LogP contribution in [0.1, 0.15) is 47.5 Å². The molecule has 1 aromatic carbocycles. The lowest BCUT2D eigenvalue weighted by molar-refractivity contribution is 0.0232. The minimum absolute atomic E-state index is 0.169. The molecule has 1 amide bonds. The molecule has 0 saturated heterocycles. The van der Waals surface area contributed by atoms with Crippen molar-refractivity contribution in [3.63, 3.8) is 0 Å². The van der Waals surface area contributed by atoms with Gasteiger partial charge in [0.1, 0.15) is 5.75 Å². The van der Waals surface area contributed by atoms with Crippen molar-refractivity contribution in [3.05, 3.63) is 47.2 Å². The summed E-state index contributed by atoms with van der Waals surface area (Å²) in [5.74, 6) is 1.40. The Labute approximate surface area is 152 Å². The summed E-state index contributed by atoms with van der Waals surface area (Å²) in [7, 11) is 0. The summed E-state index contributed by atoms with van der Waals surface area (Å²) in [4.78, 5) is 12.7. The lowest BCUT2D eigenvalue weighted by Gasteiger charge is -2.38. The number of furan rings is 1. The maximum absolute atomic E-state index is 12.7. The van der Waals surface area contributed by atoms with Gasteiger partial charge in [0.25, 0.3) is 11.9 Å². The van der Waals surface area contributed by atoms with Crippen molar-refractivity contribution in [2.24, 2.45) is 5.92 Å². The Morgan fingerprint density at radius 1 is 1.35 bits per heavy atom. The van der Waals surface area contributed by atoms with E-state index in [4.69, 9.17) is 13.9 Å². The van der Waals surface area contributed by atoms with Crippen molar-refractivity contribution in [2.75, 3.05) is 13.2 Å². The first-order chi connectivity index (χ1) is 12.6. The van der Waals surface area contributed by atoms with E-state index in [-0.39, 0.29) is 29.7 Å². The highest BCUT2D eigenvalue weighted by atomic mass is 16.6. The molecule has 6 heteroatoms. The van der Waals surface area contributed by atoms with Crippen LogP contribution in [0.3, 0.4) is 0 Å². The largest absolute Gasteiger partial charge is 0.493 e. The van der Waals surface area contributed by atoms with Crippen LogP contribution in [-0.4, -0.2) is 30.3 Å². The Bertz CT molecular complexity index is 793. The minimum atomic E-state index is -0.287. The average molecular weight is 357 g/mol. The summed E-state index contributed by atoms with van der Waals surface area (Å²) < 4.78 is 16.3. The summed E-state index contributed by atoms with van der Waals surface area (Å²) in [6.07, 6.45) is 1.96. The zero-order valence-corrected chi connectivity index (χ0v) is 14.7. The highest BCUT2D eigenvalue weighted by Gasteiger charge is 2.36. The number of aliphatic hydroxyl groups is 1. The Morgan fingerprint density at radius 3 is 2.96 bits per heavy atom. The third-order valence-electron chi connectivity index (χ3n) is 5.07. The molecule has 6 nitrogen and oxygen atoms in total. The summed E-state index contributed by atoms with van der Waals surface area (Å²) in [6, 6.07) is 9.15. The molecule has 2 aromatic rings. The molecular weight excluding hydrogens is 334 g/mol. The number of carbonyl (C=O) groups excluding carboxylic acids is 1. The number of carbonyl (C=O) groups is 1. The molecule has 4 rings (SSSR count). The number of hydrogen-bond donors (Lipinski definition) is 2. The number of hydrogen-bond acceptors (Lipinski definition) is 5. The third kappa shape index (κ3) is 3.29. The Kier molecular flexibility index (Phi) is 4.59. The maximum atomic E-state index is 12.7. The van der Waals surface area contributed by atoms with Crippen LogP contribution in [0.25, 0.3) is 0 Å². The van der Waals surface area contributed by atoms with E-state index in [1.807, 2.05) is 19.1 Å². The number of fused-ring (bicyclic) bond motifs is 1. The van der Waals surface area contributed by atoms with Crippen LogP contribution in [0.5, 0.6) is 11.7 Å². The van der Waals surface area contributed by atoms with Gasteiger partial charge in [-0.2, -0.15) is 0 Å². The Hall–Kier alpha value is -2.47. The number of aliphatic hydroxyl groups excluding tert-OH is 1. The van der Waals surface area contributed by atoms with E-state index < -0.39 is 0 Å². The average Bonchev–Trinajstić information content (AvgIpc) is 3.26. The predicted octanol–water partition coefficient (Wildman–Crippen LogP) is 2.86. The van der Waals surface area contributed by atoms with Gasteiger partial charge in [-0.25, -0.2) is 0 Å². The molecule has 1 atom stereocenters. The molecule has 1 aromatic heterocycles. The highest BCUT2D eigenvalue weighted by molar-refractivity contribution is 5.91. The lowest BCUT2D eigenvalue weighted by atomic mass is 9.75. The first-order valence-electron chi connectivity index (χ1n) is 9.11. The van der Waals surface area contributed by atoms with Gasteiger partial charge in [0, 0.05) is 12.5 Å². The fraction of sp³-hybridized carbons (Fsp3) is 0.450. The van der Waals surface area contributed by atoms with Gasteiger partial charge in [0.15, 0.2) is 5.76 Å². The summed E-state index contributed by atoms with van der Waals surface area (Å²) in [5, 5.41) is 12.8. The van der Waals surface area contributed by atoms with Crippen molar-refractivity contribution >= 4 is 5.91 Å². The second kappa shape index (κ2) is 7.03. The van der Waals surface area contributed by atoms with Gasteiger partial charge in [0.05, 0.1) is 25.4 Å². The van der Waals surface area contributed by atoms with E-state index in [1.165, 1.54) is 5.56 Å². The first kappa shape index (κ1) is 17.0. The molecule has 1 aliphatic carbocycles. The molecule has 1 saturated carbocycles. The molecule has 26 heavy (non-hydrogen) atoms.